The van der Waals surface area contributed by atoms with Crippen LogP contribution in [0.25, 0.3) is 0 Å². The van der Waals surface area contributed by atoms with Gasteiger partial charge in [-0.1, -0.05) is 33.8 Å². The van der Waals surface area contributed by atoms with E-state index in [1.807, 2.05) is 6.92 Å². The third-order valence-electron chi connectivity index (χ3n) is 4.35. The number of hydrogen-bond acceptors (Lipinski definition) is 2. The predicted octanol–water partition coefficient (Wildman–Crippen LogP) is 4.45. The van der Waals surface area contributed by atoms with E-state index < -0.39 is 26.2 Å². The summed E-state index contributed by atoms with van der Waals surface area (Å²) in [6, 6.07) is 3.65. The largest absolute Gasteiger partial charge is 0.402 e. The molecule has 21 heavy (non-hydrogen) atoms. The molecule has 1 rings (SSSR count). The number of hydrogen-bond donors (Lipinski definition) is 1. The molecule has 0 aromatic heterocycles. The highest BCUT2D eigenvalue weighted by Gasteiger charge is 2.39. The zero-order chi connectivity index (χ0) is 16.4. The fourth-order valence-corrected chi connectivity index (χ4v) is 3.05. The van der Waals surface area contributed by atoms with Crippen LogP contribution < -0.4 is 5.73 Å². The summed E-state index contributed by atoms with van der Waals surface area (Å²) < 4.78 is 32.7. The van der Waals surface area contributed by atoms with E-state index in [4.69, 9.17) is 10.2 Å². The fourth-order valence-electron chi connectivity index (χ4n) is 1.78. The summed E-state index contributed by atoms with van der Waals surface area (Å²) >= 11 is 0. The van der Waals surface area contributed by atoms with Gasteiger partial charge in [0.2, 0.25) is 0 Å². The van der Waals surface area contributed by atoms with Crippen molar-refractivity contribution in [1.82, 2.24) is 0 Å². The Morgan fingerprint density at radius 3 is 2.29 bits per heavy atom. The van der Waals surface area contributed by atoms with Crippen molar-refractivity contribution in [1.29, 1.82) is 0 Å². The first-order valence-electron chi connectivity index (χ1n) is 7.31. The monoisotopic (exact) mass is 315 g/mol. The molecule has 0 radical (unpaired) electrons. The second kappa shape index (κ2) is 6.54. The first-order chi connectivity index (χ1) is 9.44. The zero-order valence-corrected chi connectivity index (χ0v) is 14.8. The first-order valence-corrected chi connectivity index (χ1v) is 10.2. The van der Waals surface area contributed by atoms with Crippen LogP contribution in [-0.2, 0) is 10.8 Å². The van der Waals surface area contributed by atoms with Gasteiger partial charge in [0.1, 0.15) is 11.6 Å². The Morgan fingerprint density at radius 1 is 1.24 bits per heavy atom. The SMILES string of the molecule is CC(Cc1ccc(F)cc1F)C(N)O[Si](C)(C)C(C)(C)C. The van der Waals surface area contributed by atoms with Crippen LogP contribution in [0.15, 0.2) is 18.2 Å². The smallest absolute Gasteiger partial charge is 0.194 e. The molecule has 0 aliphatic heterocycles. The Morgan fingerprint density at radius 2 is 1.81 bits per heavy atom. The van der Waals surface area contributed by atoms with Crippen LogP contribution in [0.5, 0.6) is 0 Å². The molecule has 0 aliphatic carbocycles. The molecular formula is C16H27F2NOSi. The standard InChI is InChI=1S/C16H27F2NOSi/c1-11(9-12-7-8-13(17)10-14(12)18)15(19)20-21(5,6)16(2,3)4/h7-8,10-11,15H,9,19H2,1-6H3. The Hall–Kier alpha value is -0.783. The lowest BCUT2D eigenvalue weighted by Crippen LogP contribution is -2.48. The van der Waals surface area contributed by atoms with Gasteiger partial charge < -0.3 is 10.2 Å². The average Bonchev–Trinajstić information content (AvgIpc) is 2.30. The molecule has 1 aromatic carbocycles. The highest BCUT2D eigenvalue weighted by Crippen LogP contribution is 2.37. The maximum absolute atomic E-state index is 13.7. The van der Waals surface area contributed by atoms with Crippen molar-refractivity contribution in [2.45, 2.75) is 58.5 Å². The van der Waals surface area contributed by atoms with Crippen molar-refractivity contribution >= 4 is 8.32 Å². The van der Waals surface area contributed by atoms with Gasteiger partial charge in [0.15, 0.2) is 8.32 Å². The van der Waals surface area contributed by atoms with Crippen LogP contribution in [0.2, 0.25) is 18.1 Å². The van der Waals surface area contributed by atoms with Gasteiger partial charge >= 0.3 is 0 Å². The van der Waals surface area contributed by atoms with Crippen LogP contribution in [0.4, 0.5) is 8.78 Å². The quantitative estimate of drug-likeness (QED) is 0.643. The fraction of sp³-hybridized carbons (Fsp3) is 0.625. The summed E-state index contributed by atoms with van der Waals surface area (Å²) in [7, 11) is -1.95. The minimum Gasteiger partial charge on any atom is -0.402 e. The maximum Gasteiger partial charge on any atom is 0.194 e. The van der Waals surface area contributed by atoms with E-state index >= 15 is 0 Å². The van der Waals surface area contributed by atoms with Crippen molar-refractivity contribution in [3.63, 3.8) is 0 Å². The normalized spacial score (nSPS) is 15.9. The Labute approximate surface area is 127 Å². The number of halogens is 2. The molecule has 5 heteroatoms. The molecular weight excluding hydrogens is 288 g/mol. The first kappa shape index (κ1) is 18.3. The van der Waals surface area contributed by atoms with Crippen LogP contribution >= 0.6 is 0 Å². The molecule has 0 bridgehead atoms. The molecule has 0 aliphatic rings. The molecule has 0 fully saturated rings. The molecule has 0 saturated heterocycles. The van der Waals surface area contributed by atoms with Crippen molar-refractivity contribution in [2.75, 3.05) is 0 Å². The van der Waals surface area contributed by atoms with Gasteiger partial charge in [-0.3, -0.25) is 0 Å². The molecule has 0 amide bonds. The molecule has 2 unspecified atom stereocenters. The summed E-state index contributed by atoms with van der Waals surface area (Å²) in [5.74, 6) is -1.13. The second-order valence-electron chi connectivity index (χ2n) is 7.26. The minimum absolute atomic E-state index is 0.0425. The van der Waals surface area contributed by atoms with Gasteiger partial charge in [-0.15, -0.1) is 0 Å². The van der Waals surface area contributed by atoms with Gasteiger partial charge in [-0.05, 0) is 42.1 Å². The lowest BCUT2D eigenvalue weighted by Gasteiger charge is -2.39. The van der Waals surface area contributed by atoms with Gasteiger partial charge in [0.05, 0.1) is 6.23 Å². The van der Waals surface area contributed by atoms with Crippen LogP contribution in [0.1, 0.15) is 33.3 Å². The number of rotatable bonds is 5. The van der Waals surface area contributed by atoms with Gasteiger partial charge in [0, 0.05) is 6.07 Å². The Balaban J connectivity index is 2.73. The Bertz CT molecular complexity index is 486. The van der Waals surface area contributed by atoms with E-state index in [-0.39, 0.29) is 11.0 Å². The molecule has 0 spiro atoms. The maximum atomic E-state index is 13.7. The summed E-state index contributed by atoms with van der Waals surface area (Å²) in [6.45, 7) is 12.7. The highest BCUT2D eigenvalue weighted by molar-refractivity contribution is 6.74. The zero-order valence-electron chi connectivity index (χ0n) is 13.8. The number of benzene rings is 1. The average molecular weight is 315 g/mol. The van der Waals surface area contributed by atoms with Crippen LogP contribution in [0, 0.1) is 17.6 Å². The second-order valence-corrected chi connectivity index (χ2v) is 12.0. The van der Waals surface area contributed by atoms with E-state index in [0.29, 0.717) is 12.0 Å². The molecule has 0 heterocycles. The van der Waals surface area contributed by atoms with Crippen molar-refractivity contribution < 1.29 is 13.2 Å². The van der Waals surface area contributed by atoms with Gasteiger partial charge in [-0.2, -0.15) is 0 Å². The summed E-state index contributed by atoms with van der Waals surface area (Å²) in [5, 5.41) is 0.0749. The van der Waals surface area contributed by atoms with Gasteiger partial charge in [-0.25, -0.2) is 8.78 Å². The minimum atomic E-state index is -1.95. The van der Waals surface area contributed by atoms with E-state index in [1.54, 1.807) is 0 Å². The van der Waals surface area contributed by atoms with Gasteiger partial charge in [0.25, 0.3) is 0 Å². The molecule has 0 saturated carbocycles. The van der Waals surface area contributed by atoms with E-state index in [9.17, 15) is 8.78 Å². The third-order valence-corrected chi connectivity index (χ3v) is 8.83. The summed E-state index contributed by atoms with van der Waals surface area (Å²) in [4.78, 5) is 0. The molecule has 1 aromatic rings. The molecule has 2 atom stereocenters. The highest BCUT2D eigenvalue weighted by atomic mass is 28.4. The lowest BCUT2D eigenvalue weighted by atomic mass is 9.99. The topological polar surface area (TPSA) is 35.2 Å². The molecule has 2 nitrogen and oxygen atoms in total. The summed E-state index contributed by atoms with van der Waals surface area (Å²) in [6.07, 6.45) is -0.0163. The predicted molar refractivity (Wildman–Crippen MR) is 85.5 cm³/mol. The van der Waals surface area contributed by atoms with Crippen LogP contribution in [0.3, 0.4) is 0 Å². The number of nitrogens with two attached hydrogens (primary N) is 1. The van der Waals surface area contributed by atoms with Crippen molar-refractivity contribution in [3.05, 3.63) is 35.4 Å². The van der Waals surface area contributed by atoms with E-state index in [0.717, 1.165) is 6.07 Å². The van der Waals surface area contributed by atoms with E-state index in [1.165, 1.54) is 12.1 Å². The van der Waals surface area contributed by atoms with E-state index in [2.05, 4.69) is 33.9 Å². The third kappa shape index (κ3) is 4.87. The summed E-state index contributed by atoms with van der Waals surface area (Å²) in [5.41, 5.74) is 6.61. The van der Waals surface area contributed by atoms with Crippen molar-refractivity contribution in [3.8, 4) is 0 Å². The van der Waals surface area contributed by atoms with Crippen molar-refractivity contribution in [2.24, 2.45) is 11.7 Å². The lowest BCUT2D eigenvalue weighted by molar-refractivity contribution is 0.131. The molecule has 2 N–H and O–H groups in total. The molecule has 120 valence electrons. The Kier molecular flexibility index (Phi) is 5.69. The van der Waals surface area contributed by atoms with Crippen LogP contribution in [-0.4, -0.2) is 14.5 Å².